The van der Waals surface area contributed by atoms with Gasteiger partial charge in [0.15, 0.2) is 5.69 Å². The molecule has 0 aliphatic carbocycles. The standard InChI is InChI=1S/C17H25N5O4/c1-11(2)7-21-8-12(6-15(21)23)16(24)20-5-3-4-13(9-20)22-10-14(17(25)26)18-19-22/h10-13H,3-9H2,1-2H3,(H,25,26). The summed E-state index contributed by atoms with van der Waals surface area (Å²) in [6.07, 6.45) is 3.31. The van der Waals surface area contributed by atoms with Gasteiger partial charge in [0, 0.05) is 32.6 Å². The first-order chi connectivity index (χ1) is 12.3. The number of hydrogen-bond donors (Lipinski definition) is 1. The number of likely N-dealkylation sites (tertiary alicyclic amines) is 2. The Morgan fingerprint density at radius 3 is 2.77 bits per heavy atom. The highest BCUT2D eigenvalue weighted by Gasteiger charge is 2.38. The summed E-state index contributed by atoms with van der Waals surface area (Å²) >= 11 is 0. The van der Waals surface area contributed by atoms with Gasteiger partial charge in [-0.25, -0.2) is 9.48 Å². The van der Waals surface area contributed by atoms with E-state index in [0.717, 1.165) is 12.8 Å². The summed E-state index contributed by atoms with van der Waals surface area (Å²) in [6.45, 7) is 6.41. The fourth-order valence-corrected chi connectivity index (χ4v) is 3.74. The Morgan fingerprint density at radius 1 is 1.35 bits per heavy atom. The number of carboxylic acid groups (broad SMARTS) is 1. The maximum Gasteiger partial charge on any atom is 0.358 e. The van der Waals surface area contributed by atoms with Crippen molar-refractivity contribution in [2.75, 3.05) is 26.2 Å². The maximum atomic E-state index is 12.9. The average Bonchev–Trinajstić information content (AvgIpc) is 3.22. The lowest BCUT2D eigenvalue weighted by molar-refractivity contribution is -0.137. The number of carbonyl (C=O) groups is 3. The number of rotatable bonds is 5. The van der Waals surface area contributed by atoms with Crippen LogP contribution in [-0.4, -0.2) is 73.9 Å². The summed E-state index contributed by atoms with van der Waals surface area (Å²) in [5, 5.41) is 16.5. The van der Waals surface area contributed by atoms with Crippen LogP contribution in [0.15, 0.2) is 6.20 Å². The molecule has 0 radical (unpaired) electrons. The molecule has 1 aromatic rings. The first-order valence-corrected chi connectivity index (χ1v) is 9.06. The third-order valence-corrected chi connectivity index (χ3v) is 4.96. The maximum absolute atomic E-state index is 12.9. The van der Waals surface area contributed by atoms with E-state index in [-0.39, 0.29) is 35.9 Å². The summed E-state index contributed by atoms with van der Waals surface area (Å²) in [5.41, 5.74) is -0.0980. The fraction of sp³-hybridized carbons (Fsp3) is 0.706. The summed E-state index contributed by atoms with van der Waals surface area (Å²) in [5.74, 6) is -0.969. The topological polar surface area (TPSA) is 109 Å². The molecule has 2 aliphatic heterocycles. The normalized spacial score (nSPS) is 23.7. The second-order valence-corrected chi connectivity index (χ2v) is 7.56. The van der Waals surface area contributed by atoms with Crippen molar-refractivity contribution in [3.8, 4) is 0 Å². The Morgan fingerprint density at radius 2 is 2.12 bits per heavy atom. The van der Waals surface area contributed by atoms with Gasteiger partial charge in [-0.05, 0) is 18.8 Å². The molecule has 0 aromatic carbocycles. The van der Waals surface area contributed by atoms with E-state index in [4.69, 9.17) is 5.11 Å². The minimum absolute atomic E-state index is 0.00730. The first-order valence-electron chi connectivity index (χ1n) is 9.06. The highest BCUT2D eigenvalue weighted by atomic mass is 16.4. The molecule has 2 saturated heterocycles. The number of aromatic nitrogens is 3. The molecule has 3 rings (SSSR count). The molecule has 142 valence electrons. The number of aromatic carboxylic acids is 1. The van der Waals surface area contributed by atoms with Crippen LogP contribution in [0.5, 0.6) is 0 Å². The second-order valence-electron chi connectivity index (χ2n) is 7.56. The van der Waals surface area contributed by atoms with Gasteiger partial charge >= 0.3 is 5.97 Å². The molecule has 0 saturated carbocycles. The number of carboxylic acids is 1. The molecular formula is C17H25N5O4. The Kier molecular flexibility index (Phi) is 5.24. The third kappa shape index (κ3) is 3.86. The zero-order valence-electron chi connectivity index (χ0n) is 15.2. The fourth-order valence-electron chi connectivity index (χ4n) is 3.74. The quantitative estimate of drug-likeness (QED) is 0.822. The molecule has 1 aromatic heterocycles. The number of hydrogen-bond acceptors (Lipinski definition) is 5. The second kappa shape index (κ2) is 7.43. The van der Waals surface area contributed by atoms with Crippen LogP contribution in [0, 0.1) is 11.8 Å². The largest absolute Gasteiger partial charge is 0.476 e. The SMILES string of the molecule is CC(C)CN1CC(C(=O)N2CCCC(n3cc(C(=O)O)nn3)C2)CC1=O. The van der Waals surface area contributed by atoms with Crippen LogP contribution in [0.1, 0.15) is 49.6 Å². The van der Waals surface area contributed by atoms with Crippen molar-refractivity contribution in [2.45, 2.75) is 39.2 Å². The zero-order chi connectivity index (χ0) is 18.8. The lowest BCUT2D eigenvalue weighted by Gasteiger charge is -2.34. The van der Waals surface area contributed by atoms with E-state index in [9.17, 15) is 14.4 Å². The number of nitrogens with zero attached hydrogens (tertiary/aromatic N) is 5. The minimum Gasteiger partial charge on any atom is -0.476 e. The van der Waals surface area contributed by atoms with Gasteiger partial charge in [-0.1, -0.05) is 19.1 Å². The van der Waals surface area contributed by atoms with Crippen molar-refractivity contribution in [3.63, 3.8) is 0 Å². The zero-order valence-corrected chi connectivity index (χ0v) is 15.2. The van der Waals surface area contributed by atoms with Crippen molar-refractivity contribution in [2.24, 2.45) is 11.8 Å². The average molecular weight is 363 g/mol. The Balaban J connectivity index is 1.63. The number of carbonyl (C=O) groups excluding carboxylic acids is 2. The molecule has 2 unspecified atom stereocenters. The van der Waals surface area contributed by atoms with E-state index in [2.05, 4.69) is 24.2 Å². The molecule has 1 N–H and O–H groups in total. The smallest absolute Gasteiger partial charge is 0.358 e. The Bertz CT molecular complexity index is 701. The van der Waals surface area contributed by atoms with Gasteiger partial charge in [-0.2, -0.15) is 0 Å². The van der Waals surface area contributed by atoms with Crippen LogP contribution in [0.4, 0.5) is 0 Å². The molecule has 9 heteroatoms. The van der Waals surface area contributed by atoms with Crippen molar-refractivity contribution in [3.05, 3.63) is 11.9 Å². The minimum atomic E-state index is -1.12. The Labute approximate surface area is 151 Å². The predicted octanol–water partition coefficient (Wildman–Crippen LogP) is 0.644. The van der Waals surface area contributed by atoms with Gasteiger partial charge in [0.05, 0.1) is 18.2 Å². The van der Waals surface area contributed by atoms with E-state index in [1.807, 2.05) is 0 Å². The van der Waals surface area contributed by atoms with Crippen LogP contribution < -0.4 is 0 Å². The predicted molar refractivity (Wildman–Crippen MR) is 91.4 cm³/mol. The number of piperidine rings is 1. The molecule has 2 fully saturated rings. The summed E-state index contributed by atoms with van der Waals surface area (Å²) in [6, 6.07) is -0.0860. The van der Waals surface area contributed by atoms with E-state index >= 15 is 0 Å². The van der Waals surface area contributed by atoms with Crippen LogP contribution in [0.2, 0.25) is 0 Å². The van der Waals surface area contributed by atoms with Gasteiger partial charge < -0.3 is 14.9 Å². The van der Waals surface area contributed by atoms with Gasteiger partial charge in [-0.15, -0.1) is 5.10 Å². The molecule has 3 heterocycles. The molecule has 2 atom stereocenters. The lowest BCUT2D eigenvalue weighted by atomic mass is 10.0. The monoisotopic (exact) mass is 363 g/mol. The van der Waals surface area contributed by atoms with Crippen LogP contribution in [0.25, 0.3) is 0 Å². The van der Waals surface area contributed by atoms with Crippen molar-refractivity contribution in [1.82, 2.24) is 24.8 Å². The van der Waals surface area contributed by atoms with Gasteiger partial charge in [0.25, 0.3) is 0 Å². The summed E-state index contributed by atoms with van der Waals surface area (Å²) < 4.78 is 1.54. The summed E-state index contributed by atoms with van der Waals surface area (Å²) in [4.78, 5) is 39.5. The molecular weight excluding hydrogens is 338 g/mol. The molecule has 0 bridgehead atoms. The van der Waals surface area contributed by atoms with Crippen molar-refractivity contribution in [1.29, 1.82) is 0 Å². The van der Waals surface area contributed by atoms with Gasteiger partial charge in [-0.3, -0.25) is 9.59 Å². The third-order valence-electron chi connectivity index (χ3n) is 4.96. The molecule has 26 heavy (non-hydrogen) atoms. The lowest BCUT2D eigenvalue weighted by Crippen LogP contribution is -2.44. The van der Waals surface area contributed by atoms with E-state index < -0.39 is 5.97 Å². The van der Waals surface area contributed by atoms with Crippen molar-refractivity contribution < 1.29 is 19.5 Å². The highest BCUT2D eigenvalue weighted by molar-refractivity contribution is 5.89. The van der Waals surface area contributed by atoms with Crippen LogP contribution in [-0.2, 0) is 9.59 Å². The summed E-state index contributed by atoms with van der Waals surface area (Å²) in [7, 11) is 0. The van der Waals surface area contributed by atoms with Crippen LogP contribution in [0.3, 0.4) is 0 Å². The molecule has 9 nitrogen and oxygen atoms in total. The van der Waals surface area contributed by atoms with Gasteiger partial charge in [0.1, 0.15) is 0 Å². The van der Waals surface area contributed by atoms with E-state index in [1.165, 1.54) is 10.9 Å². The molecule has 2 aliphatic rings. The first kappa shape index (κ1) is 18.3. The van der Waals surface area contributed by atoms with E-state index in [0.29, 0.717) is 32.1 Å². The van der Waals surface area contributed by atoms with E-state index in [1.54, 1.807) is 9.80 Å². The van der Waals surface area contributed by atoms with Crippen molar-refractivity contribution >= 4 is 17.8 Å². The highest BCUT2D eigenvalue weighted by Crippen LogP contribution is 2.26. The molecule has 2 amide bonds. The van der Waals surface area contributed by atoms with Crippen LogP contribution >= 0.6 is 0 Å². The Hall–Kier alpha value is -2.45. The van der Waals surface area contributed by atoms with Gasteiger partial charge in [0.2, 0.25) is 11.8 Å². The molecule has 0 spiro atoms. The number of amides is 2.